The number of nitrogens with one attached hydrogen (secondary N) is 2. The van der Waals surface area contributed by atoms with Crippen LogP contribution in [0.4, 0.5) is 0 Å². The molecule has 0 aromatic heterocycles. The summed E-state index contributed by atoms with van der Waals surface area (Å²) in [6, 6.07) is 0. The maximum Gasteiger partial charge on any atom is 0.158 e. The number of nitrogens with zero attached hydrogens (tertiary/aromatic N) is 2. The quantitative estimate of drug-likeness (QED) is 0.458. The van der Waals surface area contributed by atoms with Gasteiger partial charge in [-0.05, 0) is 35.5 Å². The second-order valence-corrected chi connectivity index (χ2v) is 5.76. The minimum Gasteiger partial charge on any atom is -0.235 e. The zero-order valence-corrected chi connectivity index (χ0v) is 7.99. The Morgan fingerprint density at radius 2 is 1.00 bits per heavy atom. The van der Waals surface area contributed by atoms with Gasteiger partial charge in [-0.2, -0.15) is 0 Å². The lowest BCUT2D eigenvalue weighted by molar-refractivity contribution is -0.709. The summed E-state index contributed by atoms with van der Waals surface area (Å²) in [5.41, 5.74) is 4.41. The van der Waals surface area contributed by atoms with Gasteiger partial charge in [-0.25, -0.2) is 20.2 Å². The molecule has 8 nitrogen and oxygen atoms in total. The summed E-state index contributed by atoms with van der Waals surface area (Å²) in [4.78, 5) is 21.0. The van der Waals surface area contributed by atoms with Crippen LogP contribution in [0.25, 0.3) is 0 Å². The van der Waals surface area contributed by atoms with Gasteiger partial charge in [-0.3, -0.25) is 0 Å². The lowest BCUT2D eigenvalue weighted by Gasteiger charge is -3.07. The maximum atomic E-state index is 10.5. The number of hydrogen-bond donors (Lipinski definition) is 2. The molecule has 0 spiro atoms. The molecule has 6 saturated carbocycles. The van der Waals surface area contributed by atoms with E-state index in [4.69, 9.17) is 0 Å². The molecular weight excluding hydrogens is 216 g/mol. The van der Waals surface area contributed by atoms with Crippen molar-refractivity contribution >= 4 is 0 Å². The van der Waals surface area contributed by atoms with Crippen LogP contribution in [0, 0.1) is 55.7 Å². The molecule has 0 amide bonds. The van der Waals surface area contributed by atoms with Crippen molar-refractivity contribution in [3.05, 3.63) is 20.2 Å². The topological polar surface area (TPSA) is 110 Å². The first-order valence-electron chi connectivity index (χ1n) is 5.41. The summed E-state index contributed by atoms with van der Waals surface area (Å²) >= 11 is 0. The number of nitro groups is 2. The van der Waals surface area contributed by atoms with Gasteiger partial charge in [0.05, 0.1) is 0 Å². The Balaban J connectivity index is 1.46. The summed E-state index contributed by atoms with van der Waals surface area (Å²) in [6.07, 6.45) is 0. The zero-order valence-electron chi connectivity index (χ0n) is 7.99. The molecule has 0 aliphatic heterocycles. The molecule has 0 heterocycles. The van der Waals surface area contributed by atoms with Crippen molar-refractivity contribution in [2.45, 2.75) is 11.1 Å². The van der Waals surface area contributed by atoms with Crippen molar-refractivity contribution in [2.75, 3.05) is 0 Å². The normalized spacial score (nSPS) is 68.2. The van der Waals surface area contributed by atoms with Gasteiger partial charge in [0.15, 0.2) is 10.1 Å². The fourth-order valence-electron chi connectivity index (χ4n) is 6.29. The predicted octanol–water partition coefficient (Wildman–Crippen LogP) is -1.21. The van der Waals surface area contributed by atoms with Crippen LogP contribution in [-0.4, -0.2) is 21.1 Å². The second kappa shape index (κ2) is 1.56. The molecule has 84 valence electrons. The van der Waals surface area contributed by atoms with E-state index < -0.39 is 10.1 Å². The number of hydrogen-bond acceptors (Lipinski definition) is 4. The third-order valence-corrected chi connectivity index (χ3v) is 6.20. The van der Waals surface area contributed by atoms with E-state index in [-0.39, 0.29) is 11.1 Å². The Morgan fingerprint density at radius 3 is 1.19 bits per heavy atom. The van der Waals surface area contributed by atoms with Crippen LogP contribution >= 0.6 is 0 Å². The smallest absolute Gasteiger partial charge is 0.158 e. The monoisotopic (exact) mass is 224 g/mol. The van der Waals surface area contributed by atoms with Crippen molar-refractivity contribution in [1.82, 2.24) is 10.9 Å². The Labute approximate surface area is 88.6 Å². The molecule has 2 N–H and O–H groups in total. The summed E-state index contributed by atoms with van der Waals surface area (Å²) in [5.74, 6) is 1.95. The Kier molecular flexibility index (Phi) is 0.742. The van der Waals surface area contributed by atoms with Crippen LogP contribution in [0.15, 0.2) is 0 Å². The highest BCUT2D eigenvalue weighted by Gasteiger charge is 3.13. The highest BCUT2D eigenvalue weighted by Crippen LogP contribution is 3.03. The molecule has 0 aromatic carbocycles. The number of hydrazine groups is 2. The Bertz CT molecular complexity index is 393. The average molecular weight is 224 g/mol. The van der Waals surface area contributed by atoms with E-state index in [9.17, 15) is 20.2 Å². The van der Waals surface area contributed by atoms with Gasteiger partial charge >= 0.3 is 0 Å². The van der Waals surface area contributed by atoms with Crippen molar-refractivity contribution in [1.29, 1.82) is 0 Å². The van der Waals surface area contributed by atoms with Gasteiger partial charge in [0.25, 0.3) is 0 Å². The molecule has 0 unspecified atom stereocenters. The van der Waals surface area contributed by atoms with Gasteiger partial charge in [0.1, 0.15) is 11.1 Å². The second-order valence-electron chi connectivity index (χ2n) is 5.76. The largest absolute Gasteiger partial charge is 0.235 e. The van der Waals surface area contributed by atoms with E-state index >= 15 is 0 Å². The van der Waals surface area contributed by atoms with Gasteiger partial charge in [0.2, 0.25) is 0 Å². The molecule has 0 saturated heterocycles. The van der Waals surface area contributed by atoms with Gasteiger partial charge in [0, 0.05) is 0 Å². The molecule has 0 aromatic rings. The average Bonchev–Trinajstić information content (AvgIpc) is 2.21. The highest BCUT2D eigenvalue weighted by atomic mass is 16.7. The number of rotatable bonds is 4. The van der Waals surface area contributed by atoms with Crippen molar-refractivity contribution in [3.8, 4) is 0 Å². The Morgan fingerprint density at radius 1 is 0.750 bits per heavy atom. The van der Waals surface area contributed by atoms with Crippen LogP contribution in [0.3, 0.4) is 0 Å². The van der Waals surface area contributed by atoms with Gasteiger partial charge in [-0.15, -0.1) is 10.9 Å². The molecule has 8 heteroatoms. The third kappa shape index (κ3) is 0.344. The minimum absolute atomic E-state index is 0.260. The molecule has 6 aliphatic carbocycles. The molecular formula is C8H8N4O4. The summed E-state index contributed by atoms with van der Waals surface area (Å²) < 4.78 is 0. The zero-order chi connectivity index (χ0) is 11.0. The van der Waals surface area contributed by atoms with Gasteiger partial charge in [-0.1, -0.05) is 0 Å². The molecule has 0 bridgehead atoms. The maximum absolute atomic E-state index is 10.5. The lowest BCUT2D eigenvalue weighted by Crippen LogP contribution is -3.19. The first-order chi connectivity index (χ1) is 7.57. The van der Waals surface area contributed by atoms with E-state index in [1.54, 1.807) is 0 Å². The van der Waals surface area contributed by atoms with Crippen molar-refractivity contribution in [3.63, 3.8) is 0 Å². The van der Waals surface area contributed by atoms with E-state index in [0.29, 0.717) is 35.5 Å². The fraction of sp³-hybridized carbons (Fsp3) is 1.00. The standard InChI is InChI=1S/C8H8N4O4/c13-11(14)9-7-1-2-4(7)6-5(7)3(1)8(2,6)10-12(15)16/h1-6,9-10H. The third-order valence-electron chi connectivity index (χ3n) is 6.20. The predicted molar refractivity (Wildman–Crippen MR) is 46.7 cm³/mol. The minimum atomic E-state index is -0.449. The molecule has 6 aliphatic rings. The first kappa shape index (κ1) is 7.64. The molecule has 0 radical (unpaired) electrons. The molecule has 16 heavy (non-hydrogen) atoms. The van der Waals surface area contributed by atoms with Crippen LogP contribution in [-0.2, 0) is 0 Å². The van der Waals surface area contributed by atoms with E-state index in [0.717, 1.165) is 0 Å². The molecule has 6 rings (SSSR count). The highest BCUT2D eigenvalue weighted by molar-refractivity contribution is 5.61. The fourth-order valence-corrected chi connectivity index (χ4v) is 6.29. The van der Waals surface area contributed by atoms with Crippen LogP contribution < -0.4 is 10.9 Å². The Hall–Kier alpha value is -1.60. The molecule has 6 fully saturated rings. The lowest BCUT2D eigenvalue weighted by atomic mass is 8.96. The van der Waals surface area contributed by atoms with Crippen molar-refractivity contribution in [2.24, 2.45) is 35.5 Å². The summed E-state index contributed by atoms with van der Waals surface area (Å²) in [6.45, 7) is 0. The van der Waals surface area contributed by atoms with Crippen LogP contribution in [0.1, 0.15) is 0 Å². The SMILES string of the molecule is O=[N+]([O-])NC12C3C4C1C1C2C3C41N[N+](=O)[O-]. The first-order valence-corrected chi connectivity index (χ1v) is 5.41. The van der Waals surface area contributed by atoms with E-state index in [2.05, 4.69) is 10.9 Å². The van der Waals surface area contributed by atoms with Gasteiger partial charge < -0.3 is 0 Å². The van der Waals surface area contributed by atoms with Crippen LogP contribution in [0.2, 0.25) is 0 Å². The van der Waals surface area contributed by atoms with Crippen LogP contribution in [0.5, 0.6) is 0 Å². The van der Waals surface area contributed by atoms with E-state index in [1.165, 1.54) is 0 Å². The van der Waals surface area contributed by atoms with Crippen molar-refractivity contribution < 1.29 is 10.1 Å². The summed E-state index contributed by atoms with van der Waals surface area (Å²) in [7, 11) is 0. The summed E-state index contributed by atoms with van der Waals surface area (Å²) in [5, 5.41) is 20.1. The van der Waals surface area contributed by atoms with E-state index in [1.807, 2.05) is 0 Å². The molecule has 0 atom stereocenters.